The first-order valence-corrected chi connectivity index (χ1v) is 9.67. The summed E-state index contributed by atoms with van der Waals surface area (Å²) in [6.07, 6.45) is 4.56. The Morgan fingerprint density at radius 2 is 1.80 bits per heavy atom. The lowest BCUT2D eigenvalue weighted by atomic mass is 9.79. The van der Waals surface area contributed by atoms with Gasteiger partial charge in [-0.25, -0.2) is 4.79 Å². The molecule has 0 bridgehead atoms. The Morgan fingerprint density at radius 1 is 1.12 bits per heavy atom. The van der Waals surface area contributed by atoms with E-state index in [0.29, 0.717) is 17.5 Å². The summed E-state index contributed by atoms with van der Waals surface area (Å²) in [5.41, 5.74) is 1.27. The van der Waals surface area contributed by atoms with Crippen LogP contribution in [0, 0.1) is 5.41 Å². The van der Waals surface area contributed by atoms with E-state index in [1.54, 1.807) is 0 Å². The van der Waals surface area contributed by atoms with Crippen LogP contribution in [-0.4, -0.2) is 46.7 Å². The van der Waals surface area contributed by atoms with Crippen LogP contribution in [0.15, 0.2) is 30.3 Å². The fourth-order valence-electron chi connectivity index (χ4n) is 5.45. The number of carbonyl (C=O) groups excluding carboxylic acids is 1. The molecule has 25 heavy (non-hydrogen) atoms. The third-order valence-electron chi connectivity index (χ3n) is 6.40. The molecule has 2 saturated heterocycles. The molecule has 1 aromatic rings. The quantitative estimate of drug-likeness (QED) is 0.813. The number of benzene rings is 1. The Balaban J connectivity index is 1.48. The van der Waals surface area contributed by atoms with Gasteiger partial charge in [-0.15, -0.1) is 0 Å². The van der Waals surface area contributed by atoms with Gasteiger partial charge in [0.25, 0.3) is 0 Å². The lowest BCUT2D eigenvalue weighted by molar-refractivity contribution is 0.0184. The average molecular weight is 342 g/mol. The largest absolute Gasteiger partial charge is 0.444 e. The van der Waals surface area contributed by atoms with Gasteiger partial charge in [0, 0.05) is 30.6 Å². The number of hydrogen-bond donors (Lipinski definition) is 0. The van der Waals surface area contributed by atoms with E-state index in [-0.39, 0.29) is 6.09 Å². The molecule has 1 aromatic carbocycles. The standard InChI is InChI=1S/C21H30N2O2/c1-20(2,3)25-19(24)23-14-12-21-11-13-22(17(21)9-10-18(21)23)15-16-7-5-4-6-8-16/h4-8,17-18H,9-15H2,1-3H3. The van der Waals surface area contributed by atoms with E-state index < -0.39 is 5.60 Å². The van der Waals surface area contributed by atoms with Gasteiger partial charge in [-0.3, -0.25) is 4.90 Å². The minimum absolute atomic E-state index is 0.114. The molecule has 3 unspecified atom stereocenters. The molecule has 1 spiro atoms. The summed E-state index contributed by atoms with van der Waals surface area (Å²) in [6, 6.07) is 11.8. The fourth-order valence-corrected chi connectivity index (χ4v) is 5.45. The molecule has 3 aliphatic rings. The van der Waals surface area contributed by atoms with Crippen LogP contribution in [0.5, 0.6) is 0 Å². The lowest BCUT2D eigenvalue weighted by Crippen LogP contribution is -2.44. The zero-order valence-electron chi connectivity index (χ0n) is 15.7. The second-order valence-electron chi connectivity index (χ2n) is 8.97. The second-order valence-corrected chi connectivity index (χ2v) is 8.97. The summed E-state index contributed by atoms with van der Waals surface area (Å²) in [6.45, 7) is 8.89. The maximum absolute atomic E-state index is 12.7. The van der Waals surface area contributed by atoms with E-state index in [4.69, 9.17) is 4.74 Å². The van der Waals surface area contributed by atoms with Crippen molar-refractivity contribution in [3.63, 3.8) is 0 Å². The second kappa shape index (κ2) is 6.01. The number of likely N-dealkylation sites (tertiary alicyclic amines) is 2. The molecule has 0 radical (unpaired) electrons. The van der Waals surface area contributed by atoms with Gasteiger partial charge in [-0.05, 0) is 58.6 Å². The summed E-state index contributed by atoms with van der Waals surface area (Å²) in [7, 11) is 0. The van der Waals surface area contributed by atoms with E-state index in [0.717, 1.165) is 32.5 Å². The first-order valence-electron chi connectivity index (χ1n) is 9.67. The molecule has 2 heterocycles. The van der Waals surface area contributed by atoms with E-state index >= 15 is 0 Å². The smallest absolute Gasteiger partial charge is 0.410 e. The van der Waals surface area contributed by atoms with Gasteiger partial charge in [-0.1, -0.05) is 30.3 Å². The molecule has 0 aromatic heterocycles. The summed E-state index contributed by atoms with van der Waals surface area (Å²) in [5, 5.41) is 0. The van der Waals surface area contributed by atoms with Crippen molar-refractivity contribution < 1.29 is 9.53 Å². The molecule has 3 atom stereocenters. The highest BCUT2D eigenvalue weighted by Gasteiger charge is 2.61. The molecular formula is C21H30N2O2. The van der Waals surface area contributed by atoms with E-state index in [1.807, 2.05) is 25.7 Å². The van der Waals surface area contributed by atoms with Crippen LogP contribution in [0.2, 0.25) is 0 Å². The summed E-state index contributed by atoms with van der Waals surface area (Å²) in [5.74, 6) is 0. The summed E-state index contributed by atoms with van der Waals surface area (Å²) < 4.78 is 5.67. The predicted octanol–water partition coefficient (Wildman–Crippen LogP) is 4.05. The van der Waals surface area contributed by atoms with Crippen molar-refractivity contribution in [1.82, 2.24) is 9.80 Å². The highest BCUT2D eigenvalue weighted by atomic mass is 16.6. The maximum atomic E-state index is 12.7. The molecule has 2 aliphatic heterocycles. The van der Waals surface area contributed by atoms with Crippen molar-refractivity contribution in [2.24, 2.45) is 5.41 Å². The molecule has 4 nitrogen and oxygen atoms in total. The lowest BCUT2D eigenvalue weighted by Gasteiger charge is -2.34. The molecular weight excluding hydrogens is 312 g/mol. The molecule has 0 N–H and O–H groups in total. The summed E-state index contributed by atoms with van der Waals surface area (Å²) >= 11 is 0. The van der Waals surface area contributed by atoms with E-state index in [9.17, 15) is 4.79 Å². The third-order valence-corrected chi connectivity index (χ3v) is 6.40. The Morgan fingerprint density at radius 3 is 2.52 bits per heavy atom. The topological polar surface area (TPSA) is 32.8 Å². The van der Waals surface area contributed by atoms with Crippen molar-refractivity contribution >= 4 is 6.09 Å². The van der Waals surface area contributed by atoms with Crippen molar-refractivity contribution in [3.05, 3.63) is 35.9 Å². The predicted molar refractivity (Wildman–Crippen MR) is 98.3 cm³/mol. The third kappa shape index (κ3) is 2.95. The van der Waals surface area contributed by atoms with Gasteiger partial charge in [0.2, 0.25) is 0 Å². The Bertz CT molecular complexity index is 639. The monoisotopic (exact) mass is 342 g/mol. The Kier molecular flexibility index (Phi) is 4.06. The minimum atomic E-state index is -0.417. The minimum Gasteiger partial charge on any atom is -0.444 e. The molecule has 1 aliphatic carbocycles. The first kappa shape index (κ1) is 16.9. The van der Waals surface area contributed by atoms with Crippen LogP contribution in [0.3, 0.4) is 0 Å². The van der Waals surface area contributed by atoms with Gasteiger partial charge in [0.15, 0.2) is 0 Å². The molecule has 4 heteroatoms. The SMILES string of the molecule is CC(C)(C)OC(=O)N1CCC23CCN(Cc4ccccc4)C2CCC13. The number of carbonyl (C=O) groups is 1. The molecule has 3 fully saturated rings. The molecule has 136 valence electrons. The highest BCUT2D eigenvalue weighted by Crippen LogP contribution is 2.56. The number of amides is 1. The zero-order valence-corrected chi connectivity index (χ0v) is 15.7. The summed E-state index contributed by atoms with van der Waals surface area (Å²) in [4.78, 5) is 17.4. The van der Waals surface area contributed by atoms with Gasteiger partial charge in [0.1, 0.15) is 5.60 Å². The number of hydrogen-bond acceptors (Lipinski definition) is 3. The van der Waals surface area contributed by atoms with Gasteiger partial charge < -0.3 is 9.64 Å². The van der Waals surface area contributed by atoms with Crippen LogP contribution >= 0.6 is 0 Å². The maximum Gasteiger partial charge on any atom is 0.410 e. The number of rotatable bonds is 2. The van der Waals surface area contributed by atoms with Crippen LogP contribution in [0.4, 0.5) is 4.79 Å². The van der Waals surface area contributed by atoms with Crippen LogP contribution in [0.25, 0.3) is 0 Å². The van der Waals surface area contributed by atoms with Crippen molar-refractivity contribution in [2.75, 3.05) is 13.1 Å². The van der Waals surface area contributed by atoms with Gasteiger partial charge in [-0.2, -0.15) is 0 Å². The van der Waals surface area contributed by atoms with Crippen LogP contribution < -0.4 is 0 Å². The number of nitrogens with zero attached hydrogens (tertiary/aromatic N) is 2. The molecule has 1 saturated carbocycles. The Hall–Kier alpha value is -1.55. The van der Waals surface area contributed by atoms with E-state index in [1.165, 1.54) is 18.4 Å². The normalized spacial score (nSPS) is 31.9. The van der Waals surface area contributed by atoms with Gasteiger partial charge >= 0.3 is 6.09 Å². The van der Waals surface area contributed by atoms with E-state index in [2.05, 4.69) is 35.2 Å². The van der Waals surface area contributed by atoms with Gasteiger partial charge in [0.05, 0.1) is 0 Å². The number of ether oxygens (including phenoxy) is 1. The van der Waals surface area contributed by atoms with Crippen molar-refractivity contribution in [2.45, 2.75) is 70.7 Å². The van der Waals surface area contributed by atoms with Crippen LogP contribution in [0.1, 0.15) is 52.0 Å². The highest BCUT2D eigenvalue weighted by molar-refractivity contribution is 5.69. The zero-order chi connectivity index (χ0) is 17.7. The molecule has 4 rings (SSSR count). The van der Waals surface area contributed by atoms with Crippen molar-refractivity contribution in [1.29, 1.82) is 0 Å². The average Bonchev–Trinajstić information content (AvgIpc) is 3.16. The fraction of sp³-hybridized carbons (Fsp3) is 0.667. The first-order chi connectivity index (χ1) is 11.9. The molecule has 1 amide bonds. The van der Waals surface area contributed by atoms with Crippen LogP contribution in [-0.2, 0) is 11.3 Å². The van der Waals surface area contributed by atoms with Crippen molar-refractivity contribution in [3.8, 4) is 0 Å². The Labute approximate surface area is 151 Å².